The Kier molecular flexibility index (Phi) is 4.31. The Labute approximate surface area is 129 Å². The molecule has 1 aromatic rings. The summed E-state index contributed by atoms with van der Waals surface area (Å²) in [5.74, 6) is 0.613. The zero-order valence-corrected chi connectivity index (χ0v) is 12.7. The molecule has 0 unspecified atom stereocenters. The van der Waals surface area contributed by atoms with E-state index in [0.29, 0.717) is 17.0 Å². The maximum Gasteiger partial charge on any atom is 0.294 e. The zero-order valence-electron chi connectivity index (χ0n) is 11.9. The number of hydrogen-bond acceptors (Lipinski definition) is 4. The van der Waals surface area contributed by atoms with Crippen molar-refractivity contribution in [2.45, 2.75) is 31.7 Å². The van der Waals surface area contributed by atoms with Crippen molar-refractivity contribution in [1.82, 2.24) is 5.32 Å². The number of nitrogens with zero attached hydrogens (tertiary/aromatic N) is 2. The minimum atomic E-state index is -0.320. The van der Waals surface area contributed by atoms with E-state index >= 15 is 0 Å². The molecule has 1 N–H and O–H groups in total. The van der Waals surface area contributed by atoms with Gasteiger partial charge in [0.15, 0.2) is 0 Å². The predicted octanol–water partition coefficient (Wildman–Crippen LogP) is 3.22. The van der Waals surface area contributed by atoms with Gasteiger partial charge >= 0.3 is 0 Å². The number of halogens is 1. The molecule has 21 heavy (non-hydrogen) atoms. The van der Waals surface area contributed by atoms with Crippen LogP contribution >= 0.6 is 11.6 Å². The van der Waals surface area contributed by atoms with Gasteiger partial charge in [-0.05, 0) is 56.8 Å². The molecule has 1 saturated carbocycles. The van der Waals surface area contributed by atoms with Crippen LogP contribution < -0.4 is 10.2 Å². The number of benzene rings is 1. The number of nitro benzene ring substituents is 1. The molecule has 6 heteroatoms. The minimum Gasteiger partial charge on any atom is -0.363 e. The molecule has 3 rings (SSSR count). The molecule has 0 aromatic heterocycles. The van der Waals surface area contributed by atoms with Crippen molar-refractivity contribution < 1.29 is 4.92 Å². The first-order valence-electron chi connectivity index (χ1n) is 7.56. The fourth-order valence-corrected chi connectivity index (χ4v) is 3.22. The van der Waals surface area contributed by atoms with E-state index in [0.717, 1.165) is 51.0 Å². The molecule has 1 aromatic carbocycles. The van der Waals surface area contributed by atoms with E-state index in [-0.39, 0.29) is 10.6 Å². The second-order valence-electron chi connectivity index (χ2n) is 5.97. The maximum atomic E-state index is 11.3. The van der Waals surface area contributed by atoms with E-state index in [9.17, 15) is 10.1 Å². The van der Waals surface area contributed by atoms with Crippen molar-refractivity contribution in [1.29, 1.82) is 0 Å². The monoisotopic (exact) mass is 309 g/mol. The lowest BCUT2D eigenvalue weighted by molar-refractivity contribution is -0.384. The molecule has 0 radical (unpaired) electrons. The van der Waals surface area contributed by atoms with Gasteiger partial charge in [-0.25, -0.2) is 0 Å². The van der Waals surface area contributed by atoms with Crippen molar-refractivity contribution in [2.24, 2.45) is 5.92 Å². The SMILES string of the molecule is O=[N+]([O-])c1cc(Cl)ccc1N(CC1CCNCC1)C1CC1. The summed E-state index contributed by atoms with van der Waals surface area (Å²) < 4.78 is 0. The molecule has 5 nitrogen and oxygen atoms in total. The number of hydrogen-bond donors (Lipinski definition) is 1. The number of rotatable bonds is 5. The Morgan fingerprint density at radius 3 is 2.62 bits per heavy atom. The first-order chi connectivity index (χ1) is 10.1. The second kappa shape index (κ2) is 6.20. The van der Waals surface area contributed by atoms with Gasteiger partial charge in [0, 0.05) is 23.7 Å². The standard InChI is InChI=1S/C15H20ClN3O2/c16-12-1-4-14(15(9-12)19(20)21)18(13-2-3-13)10-11-5-7-17-8-6-11/h1,4,9,11,13,17H,2-3,5-8,10H2. The van der Waals surface area contributed by atoms with Gasteiger partial charge in [0.25, 0.3) is 5.69 Å². The fraction of sp³-hybridized carbons (Fsp3) is 0.600. The van der Waals surface area contributed by atoms with Crippen LogP contribution in [0.2, 0.25) is 5.02 Å². The first-order valence-corrected chi connectivity index (χ1v) is 7.94. The smallest absolute Gasteiger partial charge is 0.294 e. The van der Waals surface area contributed by atoms with Gasteiger partial charge in [-0.3, -0.25) is 10.1 Å². The Morgan fingerprint density at radius 1 is 1.29 bits per heavy atom. The largest absolute Gasteiger partial charge is 0.363 e. The van der Waals surface area contributed by atoms with E-state index in [4.69, 9.17) is 11.6 Å². The van der Waals surface area contributed by atoms with E-state index in [1.54, 1.807) is 12.1 Å². The van der Waals surface area contributed by atoms with Gasteiger partial charge in [-0.15, -0.1) is 0 Å². The van der Waals surface area contributed by atoms with Crippen LogP contribution in [0.3, 0.4) is 0 Å². The van der Waals surface area contributed by atoms with Gasteiger partial charge < -0.3 is 10.2 Å². The average molecular weight is 310 g/mol. The molecule has 0 spiro atoms. The lowest BCUT2D eigenvalue weighted by Crippen LogP contribution is -2.37. The quantitative estimate of drug-likeness (QED) is 0.670. The number of nitrogens with one attached hydrogen (secondary N) is 1. The number of anilines is 1. The van der Waals surface area contributed by atoms with Crippen LogP contribution in [0.25, 0.3) is 0 Å². The van der Waals surface area contributed by atoms with Crippen LogP contribution in [0, 0.1) is 16.0 Å². The van der Waals surface area contributed by atoms with Gasteiger partial charge in [0.05, 0.1) is 4.92 Å². The van der Waals surface area contributed by atoms with Crippen LogP contribution in [0.1, 0.15) is 25.7 Å². The van der Waals surface area contributed by atoms with E-state index in [2.05, 4.69) is 10.2 Å². The molecule has 0 atom stereocenters. The van der Waals surface area contributed by atoms with Crippen molar-refractivity contribution in [2.75, 3.05) is 24.5 Å². The normalized spacial score (nSPS) is 19.5. The van der Waals surface area contributed by atoms with Crippen LogP contribution in [0.5, 0.6) is 0 Å². The highest BCUT2D eigenvalue weighted by Crippen LogP contribution is 2.39. The third-order valence-corrected chi connectivity index (χ3v) is 4.58. The maximum absolute atomic E-state index is 11.3. The molecular weight excluding hydrogens is 290 g/mol. The summed E-state index contributed by atoms with van der Waals surface area (Å²) in [6.07, 6.45) is 4.55. The first kappa shape index (κ1) is 14.6. The minimum absolute atomic E-state index is 0.128. The molecule has 2 aliphatic rings. The van der Waals surface area contributed by atoms with Crippen LogP contribution in [0.15, 0.2) is 18.2 Å². The van der Waals surface area contributed by atoms with E-state index in [1.807, 2.05) is 0 Å². The van der Waals surface area contributed by atoms with Gasteiger partial charge in [0.1, 0.15) is 5.69 Å². The highest BCUT2D eigenvalue weighted by atomic mass is 35.5. The van der Waals surface area contributed by atoms with Crippen LogP contribution in [-0.4, -0.2) is 30.6 Å². The molecule has 0 bridgehead atoms. The van der Waals surface area contributed by atoms with Crippen molar-refractivity contribution in [3.8, 4) is 0 Å². The Balaban J connectivity index is 1.85. The lowest BCUT2D eigenvalue weighted by atomic mass is 9.97. The van der Waals surface area contributed by atoms with Crippen molar-refractivity contribution in [3.63, 3.8) is 0 Å². The summed E-state index contributed by atoms with van der Waals surface area (Å²) in [5.41, 5.74) is 0.855. The third kappa shape index (κ3) is 3.47. The van der Waals surface area contributed by atoms with E-state index in [1.165, 1.54) is 6.07 Å². The second-order valence-corrected chi connectivity index (χ2v) is 6.40. The Morgan fingerprint density at radius 2 is 2.00 bits per heavy atom. The molecule has 1 aliphatic carbocycles. The third-order valence-electron chi connectivity index (χ3n) is 4.34. The van der Waals surface area contributed by atoms with Crippen molar-refractivity contribution in [3.05, 3.63) is 33.3 Å². The molecule has 0 amide bonds. The molecule has 114 valence electrons. The topological polar surface area (TPSA) is 58.4 Å². The van der Waals surface area contributed by atoms with Crippen molar-refractivity contribution >= 4 is 23.0 Å². The molecule has 2 fully saturated rings. The van der Waals surface area contributed by atoms with E-state index < -0.39 is 0 Å². The Bertz CT molecular complexity index is 528. The summed E-state index contributed by atoms with van der Waals surface area (Å²) in [5, 5.41) is 15.1. The van der Waals surface area contributed by atoms with Gasteiger partial charge in [-0.2, -0.15) is 0 Å². The number of nitro groups is 1. The van der Waals surface area contributed by atoms with Gasteiger partial charge in [-0.1, -0.05) is 11.6 Å². The summed E-state index contributed by atoms with van der Waals surface area (Å²) in [7, 11) is 0. The lowest BCUT2D eigenvalue weighted by Gasteiger charge is -2.31. The molecule has 1 saturated heterocycles. The highest BCUT2D eigenvalue weighted by molar-refractivity contribution is 6.30. The van der Waals surface area contributed by atoms with Crippen LogP contribution in [0.4, 0.5) is 11.4 Å². The molecular formula is C15H20ClN3O2. The molecule has 1 aliphatic heterocycles. The summed E-state index contributed by atoms with van der Waals surface area (Å²) in [4.78, 5) is 13.2. The summed E-state index contributed by atoms with van der Waals surface area (Å²) in [6, 6.07) is 5.48. The van der Waals surface area contributed by atoms with Crippen LogP contribution in [-0.2, 0) is 0 Å². The summed E-state index contributed by atoms with van der Waals surface area (Å²) >= 11 is 5.92. The zero-order chi connectivity index (χ0) is 14.8. The predicted molar refractivity (Wildman–Crippen MR) is 84.1 cm³/mol. The average Bonchev–Trinajstić information content (AvgIpc) is 3.31. The highest BCUT2D eigenvalue weighted by Gasteiger charge is 2.34. The number of piperidine rings is 1. The summed E-state index contributed by atoms with van der Waals surface area (Å²) in [6.45, 7) is 3.01. The Hall–Kier alpha value is -1.33. The fourth-order valence-electron chi connectivity index (χ4n) is 3.06. The van der Waals surface area contributed by atoms with Gasteiger partial charge in [0.2, 0.25) is 0 Å². The molecule has 1 heterocycles.